The van der Waals surface area contributed by atoms with Crippen LogP contribution in [0.2, 0.25) is 0 Å². The van der Waals surface area contributed by atoms with Gasteiger partial charge in [0.2, 0.25) is 0 Å². The number of fused-ring (bicyclic) bond motifs is 1. The molecule has 0 spiro atoms. The van der Waals surface area contributed by atoms with Crippen molar-refractivity contribution in [2.24, 2.45) is 10.7 Å². The Hall–Kier alpha value is -1.52. The molecule has 0 aliphatic carbocycles. The van der Waals surface area contributed by atoms with Gasteiger partial charge in [0.05, 0.1) is 12.1 Å². The van der Waals surface area contributed by atoms with Crippen molar-refractivity contribution in [1.82, 2.24) is 14.5 Å². The highest BCUT2D eigenvalue weighted by Gasteiger charge is 2.19. The fourth-order valence-electron chi connectivity index (χ4n) is 1.78. The molecule has 1 aliphatic heterocycles. The van der Waals surface area contributed by atoms with Crippen LogP contribution in [0.25, 0.3) is 0 Å². The molecule has 2 N–H and O–H groups in total. The normalized spacial score (nSPS) is 17.4. The van der Waals surface area contributed by atoms with E-state index in [9.17, 15) is 0 Å². The maximum absolute atomic E-state index is 6.00. The monoisotopic (exact) mass is 221 g/mol. The number of nitrogens with zero attached hydrogens (tertiary/aromatic N) is 4. The van der Waals surface area contributed by atoms with Crippen LogP contribution in [0.4, 0.5) is 0 Å². The molecule has 2 rings (SSSR count). The Balaban J connectivity index is 2.12. The van der Waals surface area contributed by atoms with Crippen LogP contribution in [0, 0.1) is 0 Å². The van der Waals surface area contributed by atoms with E-state index in [2.05, 4.69) is 19.4 Å². The third-order valence-electron chi connectivity index (χ3n) is 2.52. The van der Waals surface area contributed by atoms with Gasteiger partial charge >= 0.3 is 0 Å². The Kier molecular flexibility index (Phi) is 2.61. The quantitative estimate of drug-likeness (QED) is 0.521. The second-order valence-electron chi connectivity index (χ2n) is 5.10. The van der Waals surface area contributed by atoms with Crippen LogP contribution in [-0.4, -0.2) is 32.5 Å². The summed E-state index contributed by atoms with van der Waals surface area (Å²) in [5.74, 6) is 1.67. The summed E-state index contributed by atoms with van der Waals surface area (Å²) in [6.45, 7) is 8.71. The molecule has 0 unspecified atom stereocenters. The van der Waals surface area contributed by atoms with Crippen molar-refractivity contribution in [3.05, 3.63) is 18.2 Å². The van der Waals surface area contributed by atoms with Gasteiger partial charge in [-0.2, -0.15) is 0 Å². The first-order valence-electron chi connectivity index (χ1n) is 5.56. The van der Waals surface area contributed by atoms with Crippen LogP contribution in [0.3, 0.4) is 0 Å². The highest BCUT2D eigenvalue weighted by Crippen LogP contribution is 2.12. The molecule has 1 aromatic rings. The molecule has 0 fully saturated rings. The van der Waals surface area contributed by atoms with Crippen LogP contribution >= 0.6 is 0 Å². The summed E-state index contributed by atoms with van der Waals surface area (Å²) >= 11 is 0. The Morgan fingerprint density at radius 1 is 1.44 bits per heavy atom. The van der Waals surface area contributed by atoms with Gasteiger partial charge < -0.3 is 15.2 Å². The molecule has 0 bridgehead atoms. The molecule has 5 heteroatoms. The number of aromatic nitrogens is 2. The summed E-state index contributed by atoms with van der Waals surface area (Å²) in [5.41, 5.74) is 5.87. The van der Waals surface area contributed by atoms with E-state index in [-0.39, 0.29) is 5.54 Å². The van der Waals surface area contributed by atoms with E-state index in [1.54, 1.807) is 0 Å². The fourth-order valence-corrected chi connectivity index (χ4v) is 1.78. The zero-order valence-electron chi connectivity index (χ0n) is 10.1. The van der Waals surface area contributed by atoms with Crippen molar-refractivity contribution in [3.63, 3.8) is 0 Å². The van der Waals surface area contributed by atoms with Crippen LogP contribution in [0.1, 0.15) is 26.6 Å². The zero-order valence-corrected chi connectivity index (χ0v) is 10.1. The summed E-state index contributed by atoms with van der Waals surface area (Å²) in [5, 5.41) is 0. The number of hydrogen-bond donors (Lipinski definition) is 1. The summed E-state index contributed by atoms with van der Waals surface area (Å²) in [6.07, 6.45) is 3.83. The highest BCUT2D eigenvalue weighted by atomic mass is 15.3. The van der Waals surface area contributed by atoms with Crippen molar-refractivity contribution in [3.8, 4) is 0 Å². The largest absolute Gasteiger partial charge is 0.370 e. The fraction of sp³-hybridized carbons (Fsp3) is 0.636. The Morgan fingerprint density at radius 2 is 2.19 bits per heavy atom. The summed E-state index contributed by atoms with van der Waals surface area (Å²) in [4.78, 5) is 10.8. The lowest BCUT2D eigenvalue weighted by Gasteiger charge is -2.29. The molecule has 5 nitrogen and oxygen atoms in total. The number of nitrogens with two attached hydrogens (primary N) is 1. The molecule has 0 saturated heterocycles. The summed E-state index contributed by atoms with van der Waals surface area (Å²) in [6, 6.07) is 0. The third kappa shape index (κ3) is 2.35. The van der Waals surface area contributed by atoms with E-state index < -0.39 is 0 Å². The minimum Gasteiger partial charge on any atom is -0.370 e. The van der Waals surface area contributed by atoms with Gasteiger partial charge in [-0.05, 0) is 20.8 Å². The van der Waals surface area contributed by atoms with Gasteiger partial charge in [-0.3, -0.25) is 0 Å². The zero-order chi connectivity index (χ0) is 11.8. The number of hydrogen-bond acceptors (Lipinski definition) is 2. The lowest BCUT2D eigenvalue weighted by molar-refractivity contribution is 0.322. The van der Waals surface area contributed by atoms with E-state index >= 15 is 0 Å². The van der Waals surface area contributed by atoms with Crippen molar-refractivity contribution < 1.29 is 0 Å². The molecule has 88 valence electrons. The van der Waals surface area contributed by atoms with Crippen molar-refractivity contribution in [1.29, 1.82) is 0 Å². The molecular formula is C11H19N5. The first kappa shape index (κ1) is 11.0. The van der Waals surface area contributed by atoms with Crippen molar-refractivity contribution >= 4 is 5.96 Å². The molecule has 0 amide bonds. The van der Waals surface area contributed by atoms with Gasteiger partial charge in [0.25, 0.3) is 0 Å². The summed E-state index contributed by atoms with van der Waals surface area (Å²) in [7, 11) is 0. The lowest BCUT2D eigenvalue weighted by Crippen LogP contribution is -2.43. The number of rotatable bonds is 0. The van der Waals surface area contributed by atoms with Gasteiger partial charge in [0.15, 0.2) is 5.96 Å². The number of aliphatic imine (C=N–C) groups is 1. The average molecular weight is 221 g/mol. The van der Waals surface area contributed by atoms with E-state index in [4.69, 9.17) is 5.73 Å². The maximum Gasteiger partial charge on any atom is 0.192 e. The predicted molar refractivity (Wildman–Crippen MR) is 64.0 cm³/mol. The van der Waals surface area contributed by atoms with E-state index in [1.165, 1.54) is 0 Å². The van der Waals surface area contributed by atoms with Crippen LogP contribution in [0.15, 0.2) is 17.4 Å². The molecule has 0 saturated carbocycles. The topological polar surface area (TPSA) is 59.4 Å². The maximum atomic E-state index is 6.00. The van der Waals surface area contributed by atoms with Gasteiger partial charge in [0, 0.05) is 25.5 Å². The first-order valence-corrected chi connectivity index (χ1v) is 5.56. The second-order valence-corrected chi connectivity index (χ2v) is 5.10. The highest BCUT2D eigenvalue weighted by molar-refractivity contribution is 5.78. The molecule has 1 aromatic heterocycles. The molecule has 1 aliphatic rings. The molecule has 0 atom stereocenters. The first-order chi connectivity index (χ1) is 7.46. The molecule has 0 radical (unpaired) electrons. The Labute approximate surface area is 96.0 Å². The van der Waals surface area contributed by atoms with E-state index in [1.807, 2.05) is 33.2 Å². The average Bonchev–Trinajstić information content (AvgIpc) is 2.61. The van der Waals surface area contributed by atoms with E-state index in [0.29, 0.717) is 5.96 Å². The Bertz CT molecular complexity index is 399. The minimum atomic E-state index is -0.128. The number of imidazole rings is 1. The summed E-state index contributed by atoms with van der Waals surface area (Å²) < 4.78 is 2.15. The van der Waals surface area contributed by atoms with Crippen molar-refractivity contribution in [2.45, 2.75) is 39.4 Å². The standard InChI is InChI=1S/C11H19N5/c1-11(2,3)14-10(12)16-7-6-15-5-4-13-9(15)8-16/h4-5H,6-8H2,1-3H3,(H2,12,14). The molecule has 2 heterocycles. The van der Waals surface area contributed by atoms with Gasteiger partial charge in [0.1, 0.15) is 5.82 Å². The SMILES string of the molecule is CC(C)(C)N=C(N)N1CCn2ccnc2C1. The molecular weight excluding hydrogens is 202 g/mol. The van der Waals surface area contributed by atoms with Gasteiger partial charge in [-0.1, -0.05) is 0 Å². The van der Waals surface area contributed by atoms with Crippen LogP contribution < -0.4 is 5.73 Å². The van der Waals surface area contributed by atoms with Crippen LogP contribution in [0.5, 0.6) is 0 Å². The second kappa shape index (κ2) is 3.81. The molecule has 0 aromatic carbocycles. The predicted octanol–water partition coefficient (Wildman–Crippen LogP) is 0.812. The lowest BCUT2D eigenvalue weighted by atomic mass is 10.1. The third-order valence-corrected chi connectivity index (χ3v) is 2.52. The van der Waals surface area contributed by atoms with Gasteiger partial charge in [-0.25, -0.2) is 9.98 Å². The van der Waals surface area contributed by atoms with Gasteiger partial charge in [-0.15, -0.1) is 0 Å². The van der Waals surface area contributed by atoms with E-state index in [0.717, 1.165) is 25.5 Å². The minimum absolute atomic E-state index is 0.128. The molecule has 16 heavy (non-hydrogen) atoms. The van der Waals surface area contributed by atoms with Crippen molar-refractivity contribution in [2.75, 3.05) is 6.54 Å². The number of guanidine groups is 1. The smallest absolute Gasteiger partial charge is 0.192 e. The Morgan fingerprint density at radius 3 is 2.88 bits per heavy atom. The van der Waals surface area contributed by atoms with Crippen LogP contribution in [-0.2, 0) is 13.1 Å².